The van der Waals surface area contributed by atoms with Gasteiger partial charge in [-0.05, 0) is 47.4 Å². The van der Waals surface area contributed by atoms with Crippen LogP contribution in [0.3, 0.4) is 0 Å². The third-order valence-electron chi connectivity index (χ3n) is 4.42. The third kappa shape index (κ3) is 4.56. The number of rotatable bonds is 5. The Morgan fingerprint density at radius 1 is 1.15 bits per heavy atom. The molecule has 1 heterocycles. The Kier molecular flexibility index (Phi) is 5.53. The lowest BCUT2D eigenvalue weighted by Crippen LogP contribution is -2.35. The molecule has 3 rings (SSSR count). The second-order valence-electron chi connectivity index (χ2n) is 6.39. The summed E-state index contributed by atoms with van der Waals surface area (Å²) in [5.41, 5.74) is 3.33. The van der Waals surface area contributed by atoms with Gasteiger partial charge in [-0.2, -0.15) is 0 Å². The van der Waals surface area contributed by atoms with Crippen molar-refractivity contribution in [3.63, 3.8) is 0 Å². The number of halogens is 1. The van der Waals surface area contributed by atoms with Crippen LogP contribution in [0.4, 0.5) is 5.69 Å². The smallest absolute Gasteiger partial charge is 0.236 e. The van der Waals surface area contributed by atoms with Gasteiger partial charge in [-0.15, -0.1) is 0 Å². The number of hydrogen-bond acceptors (Lipinski definition) is 3. The Bertz CT molecular complexity index is 911. The van der Waals surface area contributed by atoms with Gasteiger partial charge < -0.3 is 4.90 Å². The quantitative estimate of drug-likeness (QED) is 0.845. The molecule has 26 heavy (non-hydrogen) atoms. The molecular formula is C19H21ClN2O3S. The molecule has 0 saturated carbocycles. The molecule has 2 aromatic rings. The average Bonchev–Trinajstić information content (AvgIpc) is 2.61. The number of sulfonamides is 1. The number of carbonyl (C=O) groups excluding carboxylic acids is 1. The van der Waals surface area contributed by atoms with Crippen molar-refractivity contribution >= 4 is 33.2 Å². The molecule has 138 valence electrons. The highest BCUT2D eigenvalue weighted by Gasteiger charge is 2.20. The van der Waals surface area contributed by atoms with Crippen molar-refractivity contribution in [3.05, 3.63) is 64.2 Å². The first-order valence-corrected chi connectivity index (χ1v) is 10.5. The summed E-state index contributed by atoms with van der Waals surface area (Å²) < 4.78 is 27.5. The fourth-order valence-electron chi connectivity index (χ4n) is 3.07. The third-order valence-corrected chi connectivity index (χ3v) is 5.93. The molecule has 1 N–H and O–H groups in total. The van der Waals surface area contributed by atoms with E-state index in [1.54, 1.807) is 30.3 Å². The minimum Gasteiger partial charge on any atom is -0.338 e. The first-order valence-electron chi connectivity index (χ1n) is 8.51. The van der Waals surface area contributed by atoms with Gasteiger partial charge >= 0.3 is 0 Å². The van der Waals surface area contributed by atoms with Crippen molar-refractivity contribution in [3.8, 4) is 0 Å². The van der Waals surface area contributed by atoms with Crippen LogP contribution in [0, 0.1) is 0 Å². The zero-order chi connectivity index (χ0) is 18.7. The monoisotopic (exact) mass is 392 g/mol. The zero-order valence-corrected chi connectivity index (χ0v) is 16.1. The fraction of sp³-hybridized carbons (Fsp3) is 0.316. The molecule has 0 atom stereocenters. The first-order chi connectivity index (χ1) is 12.4. The fourth-order valence-corrected chi connectivity index (χ4v) is 4.39. The van der Waals surface area contributed by atoms with Crippen LogP contribution in [0.15, 0.2) is 42.5 Å². The van der Waals surface area contributed by atoms with E-state index in [1.807, 2.05) is 24.0 Å². The standard InChI is InChI=1S/C19H21ClN2O3S/c1-2-19(23)22-10-9-15-5-8-18(11-16(15)12-22)21-26(24,25)13-14-3-6-17(20)7-4-14/h3-8,11,21H,2,9-10,12-13H2,1H3. The highest BCUT2D eigenvalue weighted by atomic mass is 35.5. The maximum absolute atomic E-state index is 12.4. The molecule has 0 unspecified atom stereocenters. The van der Waals surface area contributed by atoms with Crippen molar-refractivity contribution < 1.29 is 13.2 Å². The van der Waals surface area contributed by atoms with E-state index in [9.17, 15) is 13.2 Å². The lowest BCUT2D eigenvalue weighted by molar-refractivity contribution is -0.131. The van der Waals surface area contributed by atoms with Crippen LogP contribution in [-0.4, -0.2) is 25.8 Å². The molecule has 2 aromatic carbocycles. The topological polar surface area (TPSA) is 66.5 Å². The second-order valence-corrected chi connectivity index (χ2v) is 8.55. The molecule has 0 bridgehead atoms. The van der Waals surface area contributed by atoms with Gasteiger partial charge in [-0.1, -0.05) is 36.7 Å². The largest absolute Gasteiger partial charge is 0.338 e. The summed E-state index contributed by atoms with van der Waals surface area (Å²) in [4.78, 5) is 13.7. The molecule has 0 aromatic heterocycles. The maximum atomic E-state index is 12.4. The summed E-state index contributed by atoms with van der Waals surface area (Å²) in [5, 5.41) is 0.569. The van der Waals surface area contributed by atoms with E-state index in [-0.39, 0.29) is 11.7 Å². The van der Waals surface area contributed by atoms with E-state index < -0.39 is 10.0 Å². The molecule has 1 amide bonds. The number of amides is 1. The van der Waals surface area contributed by atoms with Crippen LogP contribution in [0.2, 0.25) is 5.02 Å². The highest BCUT2D eigenvalue weighted by molar-refractivity contribution is 7.91. The maximum Gasteiger partial charge on any atom is 0.236 e. The SMILES string of the molecule is CCC(=O)N1CCc2ccc(NS(=O)(=O)Cc3ccc(Cl)cc3)cc2C1. The van der Waals surface area contributed by atoms with Crippen molar-refractivity contribution in [2.45, 2.75) is 32.1 Å². The molecule has 0 aliphatic carbocycles. The Hall–Kier alpha value is -2.05. The Morgan fingerprint density at radius 2 is 1.88 bits per heavy atom. The number of hydrogen-bond donors (Lipinski definition) is 1. The predicted molar refractivity (Wildman–Crippen MR) is 104 cm³/mol. The van der Waals surface area contributed by atoms with E-state index >= 15 is 0 Å². The van der Waals surface area contributed by atoms with Crippen molar-refractivity contribution in [2.75, 3.05) is 11.3 Å². The summed E-state index contributed by atoms with van der Waals surface area (Å²) in [6.07, 6.45) is 1.27. The van der Waals surface area contributed by atoms with Crippen LogP contribution in [0.5, 0.6) is 0 Å². The molecule has 0 radical (unpaired) electrons. The summed E-state index contributed by atoms with van der Waals surface area (Å²) in [6.45, 7) is 3.08. The second kappa shape index (κ2) is 7.68. The van der Waals surface area contributed by atoms with E-state index in [4.69, 9.17) is 11.6 Å². The molecule has 7 heteroatoms. The number of anilines is 1. The lowest BCUT2D eigenvalue weighted by Gasteiger charge is -2.29. The van der Waals surface area contributed by atoms with Gasteiger partial charge in [0.25, 0.3) is 0 Å². The first kappa shape index (κ1) is 18.7. The zero-order valence-electron chi connectivity index (χ0n) is 14.5. The van der Waals surface area contributed by atoms with Gasteiger partial charge in [0.15, 0.2) is 0 Å². The Balaban J connectivity index is 1.74. The van der Waals surface area contributed by atoms with Crippen molar-refractivity contribution in [2.24, 2.45) is 0 Å². The molecular weight excluding hydrogens is 372 g/mol. The molecule has 0 saturated heterocycles. The van der Waals surface area contributed by atoms with E-state index in [2.05, 4.69) is 4.72 Å². The number of nitrogens with one attached hydrogen (secondary N) is 1. The van der Waals surface area contributed by atoms with Crippen LogP contribution in [0.1, 0.15) is 30.0 Å². The molecule has 0 fully saturated rings. The van der Waals surface area contributed by atoms with Crippen LogP contribution in [-0.2, 0) is 33.5 Å². The van der Waals surface area contributed by atoms with Gasteiger partial charge in [-0.25, -0.2) is 8.42 Å². The molecule has 0 spiro atoms. The van der Waals surface area contributed by atoms with Gasteiger partial charge in [0.05, 0.1) is 5.75 Å². The van der Waals surface area contributed by atoms with E-state index in [1.165, 1.54) is 0 Å². The minimum absolute atomic E-state index is 0.115. The van der Waals surface area contributed by atoms with E-state index in [0.717, 1.165) is 17.5 Å². The van der Waals surface area contributed by atoms with Crippen LogP contribution in [0.25, 0.3) is 0 Å². The van der Waals surface area contributed by atoms with Crippen LogP contribution >= 0.6 is 11.6 Å². The Labute approximate surface area is 159 Å². The molecule has 1 aliphatic rings. The minimum atomic E-state index is -3.54. The summed E-state index contributed by atoms with van der Waals surface area (Å²) in [5.74, 6) is -0.00815. The number of benzene rings is 2. The van der Waals surface area contributed by atoms with Gasteiger partial charge in [0.1, 0.15) is 0 Å². The summed E-state index contributed by atoms with van der Waals surface area (Å²) in [6, 6.07) is 12.3. The predicted octanol–water partition coefficient (Wildman–Crippen LogP) is 3.58. The highest BCUT2D eigenvalue weighted by Crippen LogP contribution is 2.24. The van der Waals surface area contributed by atoms with Crippen LogP contribution < -0.4 is 4.72 Å². The number of fused-ring (bicyclic) bond motifs is 1. The van der Waals surface area contributed by atoms with Crippen molar-refractivity contribution in [1.29, 1.82) is 0 Å². The van der Waals surface area contributed by atoms with E-state index in [0.29, 0.717) is 35.8 Å². The summed E-state index contributed by atoms with van der Waals surface area (Å²) >= 11 is 5.83. The average molecular weight is 393 g/mol. The van der Waals surface area contributed by atoms with Crippen molar-refractivity contribution in [1.82, 2.24) is 4.90 Å². The number of carbonyl (C=O) groups is 1. The summed E-state index contributed by atoms with van der Waals surface area (Å²) in [7, 11) is -3.54. The molecule has 5 nitrogen and oxygen atoms in total. The van der Waals surface area contributed by atoms with Gasteiger partial charge in [0.2, 0.25) is 15.9 Å². The number of nitrogens with zero attached hydrogens (tertiary/aromatic N) is 1. The normalized spacial score (nSPS) is 14.0. The molecule has 1 aliphatic heterocycles. The van der Waals surface area contributed by atoms with Gasteiger partial charge in [0, 0.05) is 30.2 Å². The van der Waals surface area contributed by atoms with Gasteiger partial charge in [-0.3, -0.25) is 9.52 Å². The Morgan fingerprint density at radius 3 is 2.58 bits per heavy atom. The lowest BCUT2D eigenvalue weighted by atomic mass is 9.99.